The number of oxazole rings is 1. The average Bonchev–Trinajstić information content (AvgIpc) is 3.29. The van der Waals surface area contributed by atoms with Crippen LogP contribution in [0.1, 0.15) is 55.9 Å². The number of hydrogen-bond acceptors (Lipinski definition) is 5. The fourth-order valence-electron chi connectivity index (χ4n) is 3.90. The Balaban J connectivity index is 1.51. The lowest BCUT2D eigenvalue weighted by atomic mass is 9.87. The molecule has 6 heteroatoms. The summed E-state index contributed by atoms with van der Waals surface area (Å²) in [6.07, 6.45) is -0.585. The maximum absolute atomic E-state index is 12.6. The van der Waals surface area contributed by atoms with Gasteiger partial charge in [-0.25, -0.2) is 9.78 Å². The zero-order chi connectivity index (χ0) is 24.8. The van der Waals surface area contributed by atoms with Gasteiger partial charge in [0.15, 0.2) is 11.7 Å². The van der Waals surface area contributed by atoms with Crippen molar-refractivity contribution >= 4 is 17.2 Å². The minimum Gasteiger partial charge on any atom is -0.445 e. The van der Waals surface area contributed by atoms with Crippen molar-refractivity contribution in [2.75, 3.05) is 0 Å². The molecule has 0 aliphatic heterocycles. The van der Waals surface area contributed by atoms with Gasteiger partial charge in [-0.15, -0.1) is 0 Å². The second-order valence-corrected chi connectivity index (χ2v) is 9.77. The molecule has 0 bridgehead atoms. The summed E-state index contributed by atoms with van der Waals surface area (Å²) in [6, 6.07) is 24.6. The maximum atomic E-state index is 12.6. The molecule has 3 aromatic carbocycles. The van der Waals surface area contributed by atoms with Gasteiger partial charge < -0.3 is 19.6 Å². The van der Waals surface area contributed by atoms with Gasteiger partial charge >= 0.3 is 6.09 Å². The number of amides is 1. The number of hydrogen-bond donors (Lipinski definition) is 2. The molecule has 1 aromatic heterocycles. The molecule has 0 fully saturated rings. The van der Waals surface area contributed by atoms with Gasteiger partial charge in [-0.3, -0.25) is 0 Å². The van der Waals surface area contributed by atoms with Gasteiger partial charge in [0.05, 0.1) is 6.04 Å². The second-order valence-electron chi connectivity index (χ2n) is 9.77. The average molecular weight is 473 g/mol. The first-order valence-electron chi connectivity index (χ1n) is 11.9. The smallest absolute Gasteiger partial charge is 0.407 e. The lowest BCUT2D eigenvalue weighted by Crippen LogP contribution is -2.40. The third-order valence-corrected chi connectivity index (χ3v) is 6.01. The molecule has 6 nitrogen and oxygen atoms in total. The Hall–Kier alpha value is -3.64. The Morgan fingerprint density at radius 1 is 1.00 bits per heavy atom. The van der Waals surface area contributed by atoms with Crippen LogP contribution in [0.5, 0.6) is 0 Å². The summed E-state index contributed by atoms with van der Waals surface area (Å²) in [5, 5.41) is 14.0. The molecule has 4 aromatic rings. The predicted molar refractivity (Wildman–Crippen MR) is 136 cm³/mol. The van der Waals surface area contributed by atoms with E-state index >= 15 is 0 Å². The van der Waals surface area contributed by atoms with Crippen LogP contribution >= 0.6 is 0 Å². The van der Waals surface area contributed by atoms with Crippen LogP contribution in [0.15, 0.2) is 83.3 Å². The highest BCUT2D eigenvalue weighted by Gasteiger charge is 2.28. The zero-order valence-corrected chi connectivity index (χ0v) is 20.4. The first-order chi connectivity index (χ1) is 16.8. The molecular weight excluding hydrogens is 440 g/mol. The van der Waals surface area contributed by atoms with Crippen LogP contribution in [0, 0.1) is 0 Å². The molecule has 0 radical (unpaired) electrons. The third-order valence-electron chi connectivity index (χ3n) is 6.01. The normalized spacial score (nSPS) is 13.4. The lowest BCUT2D eigenvalue weighted by molar-refractivity contribution is 0.0833. The van der Waals surface area contributed by atoms with Gasteiger partial charge in [0.1, 0.15) is 12.1 Å². The number of carbonyl (C=O) groups excluding carboxylic acids is 1. The summed E-state index contributed by atoms with van der Waals surface area (Å²) in [6.45, 7) is 6.55. The molecule has 182 valence electrons. The summed E-state index contributed by atoms with van der Waals surface area (Å²) < 4.78 is 11.3. The van der Waals surface area contributed by atoms with Gasteiger partial charge in [0.25, 0.3) is 0 Å². The number of aromatic nitrogens is 1. The summed E-state index contributed by atoms with van der Waals surface area (Å²) in [5.74, 6) is 0.174. The lowest BCUT2D eigenvalue weighted by Gasteiger charge is -2.22. The summed E-state index contributed by atoms with van der Waals surface area (Å²) in [7, 11) is 0. The maximum Gasteiger partial charge on any atom is 0.407 e. The van der Waals surface area contributed by atoms with Crippen molar-refractivity contribution in [2.24, 2.45) is 0 Å². The number of aliphatic hydroxyl groups is 1. The van der Waals surface area contributed by atoms with Gasteiger partial charge in [0.2, 0.25) is 5.89 Å². The van der Waals surface area contributed by atoms with Crippen molar-refractivity contribution in [1.29, 1.82) is 0 Å². The highest BCUT2D eigenvalue weighted by atomic mass is 16.5. The number of nitrogens with zero attached hydrogens (tertiary/aromatic N) is 1. The molecule has 35 heavy (non-hydrogen) atoms. The number of rotatable bonds is 8. The number of nitrogens with one attached hydrogen (secondary N) is 1. The fraction of sp³-hybridized carbons (Fsp3) is 0.310. The van der Waals surface area contributed by atoms with Gasteiger partial charge in [0, 0.05) is 0 Å². The molecule has 0 aliphatic carbocycles. The summed E-state index contributed by atoms with van der Waals surface area (Å²) in [5.41, 5.74) is 4.37. The van der Waals surface area contributed by atoms with Gasteiger partial charge in [-0.2, -0.15) is 0 Å². The third kappa shape index (κ3) is 6.49. The van der Waals surface area contributed by atoms with Crippen molar-refractivity contribution in [2.45, 2.75) is 57.8 Å². The SMILES string of the molecule is CC(C)(C)c1ccc2oc(C(O)[C@@H](CCc3ccccc3)NC(=O)OCc3ccccc3)nc2c1. The highest BCUT2D eigenvalue weighted by Crippen LogP contribution is 2.29. The van der Waals surface area contributed by atoms with E-state index in [0.29, 0.717) is 23.9 Å². The van der Waals surface area contributed by atoms with Crippen molar-refractivity contribution in [3.05, 3.63) is 101 Å². The molecule has 2 N–H and O–H groups in total. The highest BCUT2D eigenvalue weighted by molar-refractivity contribution is 5.74. The van der Waals surface area contributed by atoms with Crippen LogP contribution in [0.3, 0.4) is 0 Å². The van der Waals surface area contributed by atoms with E-state index in [-0.39, 0.29) is 17.9 Å². The van der Waals surface area contributed by atoms with E-state index in [9.17, 15) is 9.90 Å². The van der Waals surface area contributed by atoms with E-state index in [1.54, 1.807) is 0 Å². The fourth-order valence-corrected chi connectivity index (χ4v) is 3.90. The van der Waals surface area contributed by atoms with E-state index in [1.807, 2.05) is 78.9 Å². The predicted octanol–water partition coefficient (Wildman–Crippen LogP) is 6.09. The Morgan fingerprint density at radius 3 is 2.31 bits per heavy atom. The largest absolute Gasteiger partial charge is 0.445 e. The van der Waals surface area contributed by atoms with E-state index in [1.165, 1.54) is 0 Å². The number of aliphatic hydroxyl groups excluding tert-OH is 1. The summed E-state index contributed by atoms with van der Waals surface area (Å²) >= 11 is 0. The van der Waals surface area contributed by atoms with E-state index in [2.05, 4.69) is 31.1 Å². The Bertz CT molecular complexity index is 1250. The van der Waals surface area contributed by atoms with Crippen LogP contribution in [0.2, 0.25) is 0 Å². The van der Waals surface area contributed by atoms with Crippen LogP contribution in [-0.4, -0.2) is 22.2 Å². The molecule has 2 atom stereocenters. The first-order valence-corrected chi connectivity index (χ1v) is 11.9. The Labute approximate surface area is 206 Å². The molecule has 1 amide bonds. The monoisotopic (exact) mass is 472 g/mol. The van der Waals surface area contributed by atoms with Crippen molar-refractivity contribution in [3.63, 3.8) is 0 Å². The molecular formula is C29H32N2O4. The second kappa shape index (κ2) is 10.7. The Morgan fingerprint density at radius 2 is 1.66 bits per heavy atom. The Kier molecular flexibility index (Phi) is 7.51. The number of carbonyl (C=O) groups is 1. The number of benzene rings is 3. The van der Waals surface area contributed by atoms with Crippen molar-refractivity contribution in [3.8, 4) is 0 Å². The van der Waals surface area contributed by atoms with Crippen LogP contribution in [0.4, 0.5) is 4.79 Å². The van der Waals surface area contributed by atoms with E-state index in [4.69, 9.17) is 9.15 Å². The molecule has 0 saturated heterocycles. The number of ether oxygens (including phenoxy) is 1. The summed E-state index contributed by atoms with van der Waals surface area (Å²) in [4.78, 5) is 17.2. The van der Waals surface area contributed by atoms with Gasteiger partial charge in [-0.05, 0) is 47.1 Å². The quantitative estimate of drug-likeness (QED) is 0.324. The molecule has 0 aliphatic rings. The number of fused-ring (bicyclic) bond motifs is 1. The molecule has 1 heterocycles. The molecule has 4 rings (SSSR count). The number of aryl methyl sites for hydroxylation is 1. The zero-order valence-electron chi connectivity index (χ0n) is 20.4. The molecule has 1 unspecified atom stereocenters. The van der Waals surface area contributed by atoms with Crippen LogP contribution in [0.25, 0.3) is 11.1 Å². The van der Waals surface area contributed by atoms with Gasteiger partial charge in [-0.1, -0.05) is 87.5 Å². The minimum absolute atomic E-state index is 0.0335. The van der Waals surface area contributed by atoms with Crippen LogP contribution < -0.4 is 5.32 Å². The molecule has 0 saturated carbocycles. The molecule has 0 spiro atoms. The minimum atomic E-state index is -1.13. The van der Waals surface area contributed by atoms with E-state index < -0.39 is 18.2 Å². The van der Waals surface area contributed by atoms with E-state index in [0.717, 1.165) is 16.7 Å². The standard InChI is InChI=1S/C29H32N2O4/c1-29(2,3)22-15-17-25-24(18-22)30-27(35-25)26(32)23(16-14-20-10-6-4-7-11-20)31-28(33)34-19-21-12-8-5-9-13-21/h4-13,15,17-18,23,26,32H,14,16,19H2,1-3H3,(H,31,33)/t23-,26?/m1/s1. The first kappa shape index (κ1) is 24.5. The topological polar surface area (TPSA) is 84.6 Å². The van der Waals surface area contributed by atoms with Crippen molar-refractivity contribution < 1.29 is 19.1 Å². The van der Waals surface area contributed by atoms with Crippen molar-refractivity contribution in [1.82, 2.24) is 10.3 Å². The number of alkyl carbamates (subject to hydrolysis) is 1. The van der Waals surface area contributed by atoms with Crippen LogP contribution in [-0.2, 0) is 23.2 Å².